The standard InChI is InChI=1S/C21H22N2O6/c1-11-6-12(2)17(10-27-21(25)19-8-14(4)23-29-19)15(5)16(11)9-26-20(24)18-7-13(3)22-28-18/h6-8H,9-10H2,1-5H3. The molecule has 1 aromatic carbocycles. The molecule has 0 spiro atoms. The van der Waals surface area contributed by atoms with Crippen LogP contribution in [-0.4, -0.2) is 22.3 Å². The summed E-state index contributed by atoms with van der Waals surface area (Å²) in [5.41, 5.74) is 5.75. The largest absolute Gasteiger partial charge is 0.455 e. The van der Waals surface area contributed by atoms with E-state index in [0.717, 1.165) is 27.8 Å². The fourth-order valence-corrected chi connectivity index (χ4v) is 3.05. The minimum absolute atomic E-state index is 0.0569. The van der Waals surface area contributed by atoms with Crippen LogP contribution in [0.15, 0.2) is 27.2 Å². The lowest BCUT2D eigenvalue weighted by Crippen LogP contribution is -2.11. The number of ether oxygens (including phenoxy) is 2. The third kappa shape index (κ3) is 4.53. The quantitative estimate of drug-likeness (QED) is 0.575. The summed E-state index contributed by atoms with van der Waals surface area (Å²) >= 11 is 0. The lowest BCUT2D eigenvalue weighted by molar-refractivity contribution is 0.0424. The van der Waals surface area contributed by atoms with Crippen LogP contribution in [0, 0.1) is 34.6 Å². The van der Waals surface area contributed by atoms with Crippen LogP contribution in [0.2, 0.25) is 0 Å². The van der Waals surface area contributed by atoms with Crippen molar-refractivity contribution in [2.24, 2.45) is 0 Å². The molecule has 0 saturated heterocycles. The van der Waals surface area contributed by atoms with E-state index in [2.05, 4.69) is 10.3 Å². The molecule has 2 heterocycles. The smallest absolute Gasteiger partial charge is 0.377 e. The molecule has 8 heteroatoms. The maximum atomic E-state index is 12.1. The Morgan fingerprint density at radius 1 is 0.759 bits per heavy atom. The van der Waals surface area contributed by atoms with Crippen molar-refractivity contribution in [2.75, 3.05) is 0 Å². The molecule has 29 heavy (non-hydrogen) atoms. The molecule has 3 aromatic rings. The highest BCUT2D eigenvalue weighted by molar-refractivity contribution is 5.86. The van der Waals surface area contributed by atoms with E-state index in [1.165, 1.54) is 12.1 Å². The second-order valence-electron chi connectivity index (χ2n) is 6.91. The predicted molar refractivity (Wildman–Crippen MR) is 101 cm³/mol. The van der Waals surface area contributed by atoms with Gasteiger partial charge in [0, 0.05) is 12.1 Å². The first-order valence-electron chi connectivity index (χ1n) is 9.05. The van der Waals surface area contributed by atoms with Crippen LogP contribution in [-0.2, 0) is 22.7 Å². The highest BCUT2D eigenvalue weighted by atomic mass is 16.6. The summed E-state index contributed by atoms with van der Waals surface area (Å²) in [5.74, 6) is -1.06. The molecule has 0 fully saturated rings. The van der Waals surface area contributed by atoms with Crippen LogP contribution < -0.4 is 0 Å². The van der Waals surface area contributed by atoms with E-state index in [0.29, 0.717) is 11.4 Å². The fourth-order valence-electron chi connectivity index (χ4n) is 3.05. The maximum Gasteiger partial charge on any atom is 0.377 e. The monoisotopic (exact) mass is 398 g/mol. The summed E-state index contributed by atoms with van der Waals surface area (Å²) in [6.07, 6.45) is 0. The molecule has 8 nitrogen and oxygen atoms in total. The minimum atomic E-state index is -0.585. The maximum absolute atomic E-state index is 12.1. The predicted octanol–water partition coefficient (Wildman–Crippen LogP) is 3.92. The molecular formula is C21H22N2O6. The molecule has 152 valence electrons. The first kappa shape index (κ1) is 20.3. The average molecular weight is 398 g/mol. The Bertz CT molecular complexity index is 983. The van der Waals surface area contributed by atoms with Gasteiger partial charge in [-0.3, -0.25) is 0 Å². The Morgan fingerprint density at radius 3 is 1.52 bits per heavy atom. The molecule has 2 aromatic heterocycles. The van der Waals surface area contributed by atoms with Gasteiger partial charge in [0.15, 0.2) is 0 Å². The summed E-state index contributed by atoms with van der Waals surface area (Å²) in [7, 11) is 0. The number of aromatic nitrogens is 2. The summed E-state index contributed by atoms with van der Waals surface area (Å²) < 4.78 is 20.6. The van der Waals surface area contributed by atoms with Crippen molar-refractivity contribution in [3.8, 4) is 0 Å². The van der Waals surface area contributed by atoms with Gasteiger partial charge in [-0.25, -0.2) is 9.59 Å². The number of aryl methyl sites for hydroxylation is 4. The zero-order chi connectivity index (χ0) is 21.1. The normalized spacial score (nSPS) is 10.8. The highest BCUT2D eigenvalue weighted by Gasteiger charge is 2.19. The average Bonchev–Trinajstić information content (AvgIpc) is 3.29. The van der Waals surface area contributed by atoms with Gasteiger partial charge in [-0.15, -0.1) is 0 Å². The number of nitrogens with zero attached hydrogens (tertiary/aromatic N) is 2. The summed E-state index contributed by atoms with van der Waals surface area (Å²) in [6.45, 7) is 9.37. The van der Waals surface area contributed by atoms with Crippen molar-refractivity contribution in [1.82, 2.24) is 10.3 Å². The number of hydrogen-bond donors (Lipinski definition) is 0. The number of hydrogen-bond acceptors (Lipinski definition) is 8. The molecule has 0 unspecified atom stereocenters. The van der Waals surface area contributed by atoms with Crippen LogP contribution in [0.4, 0.5) is 0 Å². The van der Waals surface area contributed by atoms with E-state index in [-0.39, 0.29) is 24.7 Å². The molecule has 0 aliphatic rings. The lowest BCUT2D eigenvalue weighted by atomic mass is 9.94. The van der Waals surface area contributed by atoms with Gasteiger partial charge in [0.1, 0.15) is 13.2 Å². The Hall–Kier alpha value is -3.42. The van der Waals surface area contributed by atoms with Crippen molar-refractivity contribution in [1.29, 1.82) is 0 Å². The molecule has 0 bridgehead atoms. The zero-order valence-corrected chi connectivity index (χ0v) is 17.0. The number of carbonyl (C=O) groups excluding carboxylic acids is 2. The Morgan fingerprint density at radius 2 is 1.17 bits per heavy atom. The van der Waals surface area contributed by atoms with E-state index < -0.39 is 11.9 Å². The second-order valence-corrected chi connectivity index (χ2v) is 6.91. The zero-order valence-electron chi connectivity index (χ0n) is 17.0. The van der Waals surface area contributed by atoms with Gasteiger partial charge < -0.3 is 18.5 Å². The van der Waals surface area contributed by atoms with Gasteiger partial charge in [0.05, 0.1) is 11.4 Å². The van der Waals surface area contributed by atoms with Gasteiger partial charge in [0.25, 0.3) is 0 Å². The molecule has 0 aliphatic heterocycles. The topological polar surface area (TPSA) is 105 Å². The van der Waals surface area contributed by atoms with Gasteiger partial charge in [-0.2, -0.15) is 0 Å². The summed E-state index contributed by atoms with van der Waals surface area (Å²) in [4.78, 5) is 24.3. The van der Waals surface area contributed by atoms with Crippen molar-refractivity contribution in [3.05, 3.63) is 68.9 Å². The van der Waals surface area contributed by atoms with Crippen molar-refractivity contribution in [2.45, 2.75) is 47.8 Å². The number of esters is 2. The van der Waals surface area contributed by atoms with Gasteiger partial charge in [0.2, 0.25) is 11.5 Å². The van der Waals surface area contributed by atoms with E-state index >= 15 is 0 Å². The Kier molecular flexibility index (Phi) is 5.81. The summed E-state index contributed by atoms with van der Waals surface area (Å²) in [6, 6.07) is 5.01. The number of benzene rings is 1. The fraction of sp³-hybridized carbons (Fsp3) is 0.333. The first-order chi connectivity index (χ1) is 13.8. The van der Waals surface area contributed by atoms with Crippen LogP contribution >= 0.6 is 0 Å². The molecule has 3 rings (SSSR count). The van der Waals surface area contributed by atoms with E-state index in [4.69, 9.17) is 18.5 Å². The molecule has 0 saturated carbocycles. The third-order valence-corrected chi connectivity index (χ3v) is 4.64. The van der Waals surface area contributed by atoms with Gasteiger partial charge in [-0.1, -0.05) is 16.4 Å². The van der Waals surface area contributed by atoms with Crippen molar-refractivity contribution >= 4 is 11.9 Å². The molecule has 0 aliphatic carbocycles. The van der Waals surface area contributed by atoms with Crippen LogP contribution in [0.3, 0.4) is 0 Å². The molecule has 0 N–H and O–H groups in total. The van der Waals surface area contributed by atoms with Crippen LogP contribution in [0.1, 0.15) is 60.3 Å². The Balaban J connectivity index is 1.73. The Labute approximate surface area is 167 Å². The van der Waals surface area contributed by atoms with E-state index in [1.54, 1.807) is 13.8 Å². The second kappa shape index (κ2) is 8.30. The molecule has 0 atom stereocenters. The van der Waals surface area contributed by atoms with Crippen LogP contribution in [0.5, 0.6) is 0 Å². The number of carbonyl (C=O) groups is 2. The highest BCUT2D eigenvalue weighted by Crippen LogP contribution is 2.25. The van der Waals surface area contributed by atoms with Gasteiger partial charge in [-0.05, 0) is 62.4 Å². The molecule has 0 radical (unpaired) electrons. The number of rotatable bonds is 6. The first-order valence-corrected chi connectivity index (χ1v) is 9.05. The van der Waals surface area contributed by atoms with Crippen molar-refractivity contribution < 1.29 is 28.1 Å². The molecule has 0 amide bonds. The van der Waals surface area contributed by atoms with Crippen molar-refractivity contribution in [3.63, 3.8) is 0 Å². The minimum Gasteiger partial charge on any atom is -0.455 e. The van der Waals surface area contributed by atoms with E-state index in [9.17, 15) is 9.59 Å². The van der Waals surface area contributed by atoms with E-state index in [1.807, 2.05) is 26.8 Å². The SMILES string of the molecule is Cc1cc(C(=O)OCc2c(C)cc(C)c(COC(=O)c3cc(C)no3)c2C)on1. The van der Waals surface area contributed by atoms with Gasteiger partial charge >= 0.3 is 11.9 Å². The summed E-state index contributed by atoms with van der Waals surface area (Å²) in [5, 5.41) is 7.37. The molecular weight excluding hydrogens is 376 g/mol. The lowest BCUT2D eigenvalue weighted by Gasteiger charge is -2.17. The van der Waals surface area contributed by atoms with Crippen LogP contribution in [0.25, 0.3) is 0 Å². The third-order valence-electron chi connectivity index (χ3n) is 4.64.